The van der Waals surface area contributed by atoms with Gasteiger partial charge in [0.1, 0.15) is 30.5 Å². The van der Waals surface area contributed by atoms with Gasteiger partial charge in [0.15, 0.2) is 17.7 Å². The van der Waals surface area contributed by atoms with E-state index in [1.807, 2.05) is 30.3 Å². The molecular formula is C21H26O7. The summed E-state index contributed by atoms with van der Waals surface area (Å²) in [5.74, 6) is -2.33. The Morgan fingerprint density at radius 3 is 2.11 bits per heavy atom. The molecule has 0 radical (unpaired) electrons. The third kappa shape index (κ3) is 3.73. The van der Waals surface area contributed by atoms with Crippen LogP contribution in [0.25, 0.3) is 6.08 Å². The summed E-state index contributed by atoms with van der Waals surface area (Å²) >= 11 is 0. The molecule has 1 saturated carbocycles. The molecule has 2 heterocycles. The quantitative estimate of drug-likeness (QED) is 0.624. The van der Waals surface area contributed by atoms with Crippen LogP contribution in [0.3, 0.4) is 0 Å². The molecule has 0 amide bonds. The van der Waals surface area contributed by atoms with E-state index in [9.17, 15) is 9.90 Å². The van der Waals surface area contributed by atoms with Crippen molar-refractivity contribution in [2.24, 2.45) is 0 Å². The molecular weight excluding hydrogens is 364 g/mol. The molecule has 3 fully saturated rings. The Labute approximate surface area is 164 Å². The molecule has 7 heteroatoms. The van der Waals surface area contributed by atoms with Crippen LogP contribution in [0.5, 0.6) is 0 Å². The van der Waals surface area contributed by atoms with Crippen LogP contribution in [0.1, 0.15) is 33.3 Å². The third-order valence-electron chi connectivity index (χ3n) is 5.11. The van der Waals surface area contributed by atoms with Crippen LogP contribution in [0.15, 0.2) is 36.4 Å². The van der Waals surface area contributed by atoms with E-state index >= 15 is 0 Å². The Bertz CT molecular complexity index is 757. The largest absolute Gasteiger partial charge is 0.453 e. The summed E-state index contributed by atoms with van der Waals surface area (Å²) in [6.07, 6.45) is -1.39. The van der Waals surface area contributed by atoms with Gasteiger partial charge in [-0.15, -0.1) is 0 Å². The predicted molar refractivity (Wildman–Crippen MR) is 99.0 cm³/mol. The van der Waals surface area contributed by atoms with Crippen molar-refractivity contribution in [3.63, 3.8) is 0 Å². The van der Waals surface area contributed by atoms with Crippen molar-refractivity contribution in [2.75, 3.05) is 0 Å². The van der Waals surface area contributed by atoms with Gasteiger partial charge < -0.3 is 28.8 Å². The average Bonchev–Trinajstić information content (AvgIpc) is 3.13. The van der Waals surface area contributed by atoms with E-state index in [4.69, 9.17) is 23.7 Å². The molecule has 1 aliphatic carbocycles. The van der Waals surface area contributed by atoms with Gasteiger partial charge in [-0.25, -0.2) is 4.79 Å². The highest BCUT2D eigenvalue weighted by atomic mass is 16.8. The minimum atomic E-state index is -1.10. The van der Waals surface area contributed by atoms with E-state index in [0.29, 0.717) is 0 Å². The molecule has 2 saturated heterocycles. The molecule has 0 aromatic heterocycles. The second-order valence-electron chi connectivity index (χ2n) is 8.27. The summed E-state index contributed by atoms with van der Waals surface area (Å²) in [7, 11) is 0. The summed E-state index contributed by atoms with van der Waals surface area (Å²) in [5, 5.41) is 10.9. The van der Waals surface area contributed by atoms with Crippen LogP contribution in [0.4, 0.5) is 0 Å². The zero-order valence-corrected chi connectivity index (χ0v) is 16.4. The Kier molecular flexibility index (Phi) is 4.84. The maximum atomic E-state index is 12.4. The highest BCUT2D eigenvalue weighted by molar-refractivity contribution is 5.87. The number of aliphatic hydroxyl groups is 1. The zero-order chi connectivity index (χ0) is 20.1. The summed E-state index contributed by atoms with van der Waals surface area (Å²) in [6, 6.07) is 9.41. The minimum Gasteiger partial charge on any atom is -0.453 e. The van der Waals surface area contributed by atoms with Gasteiger partial charge in [-0.3, -0.25) is 0 Å². The number of aliphatic hydroxyl groups excluding tert-OH is 1. The van der Waals surface area contributed by atoms with Gasteiger partial charge in [0.05, 0.1) is 0 Å². The van der Waals surface area contributed by atoms with Crippen LogP contribution < -0.4 is 0 Å². The molecule has 1 aromatic carbocycles. The van der Waals surface area contributed by atoms with Gasteiger partial charge in [0.2, 0.25) is 0 Å². The lowest BCUT2D eigenvalue weighted by molar-refractivity contribution is -0.196. The summed E-state index contributed by atoms with van der Waals surface area (Å²) in [5.41, 5.74) is 0.873. The van der Waals surface area contributed by atoms with E-state index < -0.39 is 54.2 Å². The van der Waals surface area contributed by atoms with Gasteiger partial charge in [-0.05, 0) is 39.3 Å². The van der Waals surface area contributed by atoms with Gasteiger partial charge in [0.25, 0.3) is 0 Å². The number of benzene rings is 1. The minimum absolute atomic E-state index is 0.508. The molecule has 2 aliphatic heterocycles. The predicted octanol–water partition coefficient (Wildman–Crippen LogP) is 2.03. The van der Waals surface area contributed by atoms with E-state index in [2.05, 4.69) is 0 Å². The molecule has 6 atom stereocenters. The molecule has 0 bridgehead atoms. The van der Waals surface area contributed by atoms with Crippen molar-refractivity contribution in [3.05, 3.63) is 42.0 Å². The lowest BCUT2D eigenvalue weighted by Crippen LogP contribution is -2.62. The number of esters is 1. The smallest absolute Gasteiger partial charge is 0.331 e. The van der Waals surface area contributed by atoms with Crippen LogP contribution in [0.2, 0.25) is 0 Å². The molecule has 0 spiro atoms. The Morgan fingerprint density at radius 1 is 0.929 bits per heavy atom. The fraction of sp³-hybridized carbons (Fsp3) is 0.571. The highest BCUT2D eigenvalue weighted by Gasteiger charge is 2.64. The molecule has 3 aliphatic rings. The number of carbonyl (C=O) groups is 1. The maximum absolute atomic E-state index is 12.4. The Balaban J connectivity index is 1.54. The maximum Gasteiger partial charge on any atom is 0.331 e. The monoisotopic (exact) mass is 390 g/mol. The molecule has 152 valence electrons. The van der Waals surface area contributed by atoms with Gasteiger partial charge >= 0.3 is 5.97 Å². The van der Waals surface area contributed by atoms with E-state index in [1.165, 1.54) is 6.08 Å². The molecule has 1 N–H and O–H groups in total. The second kappa shape index (κ2) is 6.93. The van der Waals surface area contributed by atoms with Crippen molar-refractivity contribution in [2.45, 2.75) is 75.9 Å². The first-order valence-corrected chi connectivity index (χ1v) is 9.48. The SMILES string of the molecule is CC1(C)O[C@@H]2[C@@H](O1)[C@H](OC(=O)/C=C/c1ccccc1)[C@@H](O)[C@H]1OC(C)(C)O[C@@H]21. The van der Waals surface area contributed by atoms with E-state index in [0.717, 1.165) is 5.56 Å². The lowest BCUT2D eigenvalue weighted by Gasteiger charge is -2.40. The van der Waals surface area contributed by atoms with E-state index in [1.54, 1.807) is 33.8 Å². The Hall–Kier alpha value is -1.77. The summed E-state index contributed by atoms with van der Waals surface area (Å²) in [6.45, 7) is 7.11. The van der Waals surface area contributed by atoms with Crippen LogP contribution in [-0.2, 0) is 28.5 Å². The summed E-state index contributed by atoms with van der Waals surface area (Å²) in [4.78, 5) is 12.4. The number of carbonyl (C=O) groups excluding carboxylic acids is 1. The molecule has 1 aromatic rings. The normalized spacial score (nSPS) is 38.2. The highest BCUT2D eigenvalue weighted by Crippen LogP contribution is 2.45. The fourth-order valence-corrected chi connectivity index (χ4v) is 4.08. The zero-order valence-electron chi connectivity index (χ0n) is 16.4. The first-order chi connectivity index (χ1) is 13.2. The first kappa shape index (κ1) is 19.5. The van der Waals surface area contributed by atoms with E-state index in [-0.39, 0.29) is 0 Å². The molecule has 28 heavy (non-hydrogen) atoms. The number of hydrogen-bond acceptors (Lipinski definition) is 7. The second-order valence-corrected chi connectivity index (χ2v) is 8.27. The first-order valence-electron chi connectivity index (χ1n) is 9.48. The number of fused-ring (bicyclic) bond motifs is 3. The lowest BCUT2D eigenvalue weighted by atomic mass is 9.85. The number of rotatable bonds is 3. The van der Waals surface area contributed by atoms with Gasteiger partial charge in [-0.1, -0.05) is 30.3 Å². The van der Waals surface area contributed by atoms with Gasteiger partial charge in [0, 0.05) is 6.08 Å². The topological polar surface area (TPSA) is 83.5 Å². The summed E-state index contributed by atoms with van der Waals surface area (Å²) < 4.78 is 29.4. The van der Waals surface area contributed by atoms with Gasteiger partial charge in [-0.2, -0.15) is 0 Å². The van der Waals surface area contributed by atoms with Crippen molar-refractivity contribution < 1.29 is 33.6 Å². The standard InChI is InChI=1S/C21H26O7/c1-20(2)25-16-14(23)15(17-19(18(16)27-20)28-21(3,4)26-17)24-13(22)11-10-12-8-6-5-7-9-12/h5-11,14-19,23H,1-4H3/b11-10+/t14-,15-,16-,17+,18-,19-/m1/s1. The number of hydrogen-bond donors (Lipinski definition) is 1. The fourth-order valence-electron chi connectivity index (χ4n) is 4.08. The van der Waals surface area contributed by atoms with Crippen LogP contribution >= 0.6 is 0 Å². The molecule has 7 nitrogen and oxygen atoms in total. The Morgan fingerprint density at radius 2 is 1.46 bits per heavy atom. The molecule has 4 rings (SSSR count). The van der Waals surface area contributed by atoms with Crippen molar-refractivity contribution in [1.82, 2.24) is 0 Å². The third-order valence-corrected chi connectivity index (χ3v) is 5.11. The van der Waals surface area contributed by atoms with Crippen molar-refractivity contribution >= 4 is 12.0 Å². The number of ether oxygens (including phenoxy) is 5. The average molecular weight is 390 g/mol. The van der Waals surface area contributed by atoms with Crippen molar-refractivity contribution in [1.29, 1.82) is 0 Å². The molecule has 0 unspecified atom stereocenters. The van der Waals surface area contributed by atoms with Crippen molar-refractivity contribution in [3.8, 4) is 0 Å². The van der Waals surface area contributed by atoms with Crippen LogP contribution in [-0.4, -0.2) is 59.3 Å². The van der Waals surface area contributed by atoms with Crippen LogP contribution in [0, 0.1) is 0 Å².